The van der Waals surface area contributed by atoms with E-state index in [-0.39, 0.29) is 4.90 Å². The summed E-state index contributed by atoms with van der Waals surface area (Å²) in [5.41, 5.74) is 2.09. The molecule has 0 aliphatic rings. The van der Waals surface area contributed by atoms with E-state index in [0.29, 0.717) is 28.1 Å². The molecule has 0 amide bonds. The normalized spacial score (nSPS) is 11.7. The van der Waals surface area contributed by atoms with Gasteiger partial charge in [-0.15, -0.1) is 0 Å². The van der Waals surface area contributed by atoms with Crippen molar-refractivity contribution in [3.05, 3.63) is 96.1 Å². The number of rotatable bonds is 7. The number of nitrogens with one attached hydrogen (secondary N) is 1. The van der Waals surface area contributed by atoms with Crippen molar-refractivity contribution < 1.29 is 23.1 Å². The zero-order valence-electron chi connectivity index (χ0n) is 15.6. The molecule has 3 rings (SSSR count). The van der Waals surface area contributed by atoms with Gasteiger partial charge in [0.05, 0.1) is 12.0 Å². The van der Waals surface area contributed by atoms with Crippen LogP contribution in [0, 0.1) is 0 Å². The van der Waals surface area contributed by atoms with Gasteiger partial charge in [0, 0.05) is 11.8 Å². The number of carbonyl (C=O) groups is 1. The third-order valence-corrected chi connectivity index (χ3v) is 5.55. The van der Waals surface area contributed by atoms with Crippen molar-refractivity contribution in [3.63, 3.8) is 0 Å². The third-order valence-electron chi connectivity index (χ3n) is 4.15. The average Bonchev–Trinajstić information content (AvgIpc) is 2.72. The Kier molecular flexibility index (Phi) is 5.99. The third kappa shape index (κ3) is 5.03. The zero-order chi connectivity index (χ0) is 20.9. The molecular weight excluding hydrogens is 390 g/mol. The minimum absolute atomic E-state index is 0.0908. The van der Waals surface area contributed by atoms with Crippen LogP contribution >= 0.6 is 0 Å². The molecule has 0 aliphatic carbocycles. The van der Waals surface area contributed by atoms with E-state index in [1.807, 2.05) is 6.07 Å². The fourth-order valence-electron chi connectivity index (χ4n) is 2.79. The molecule has 0 fully saturated rings. The summed E-state index contributed by atoms with van der Waals surface area (Å²) in [4.78, 5) is 11.4. The molecule has 0 aliphatic heterocycles. The van der Waals surface area contributed by atoms with Crippen LogP contribution in [-0.4, -0.2) is 26.6 Å². The Bertz CT molecular complexity index is 1140. The molecule has 7 heteroatoms. The van der Waals surface area contributed by atoms with Crippen LogP contribution in [0.25, 0.3) is 5.57 Å². The van der Waals surface area contributed by atoms with Crippen molar-refractivity contribution in [2.45, 2.75) is 4.90 Å². The fraction of sp³-hybridized carbons (Fsp3) is 0.0455. The van der Waals surface area contributed by atoms with Gasteiger partial charge in [-0.25, -0.2) is 13.2 Å². The average molecular weight is 409 g/mol. The molecule has 0 heterocycles. The molecule has 0 aromatic heterocycles. The van der Waals surface area contributed by atoms with Crippen molar-refractivity contribution in [2.24, 2.45) is 0 Å². The van der Waals surface area contributed by atoms with Crippen molar-refractivity contribution in [2.75, 3.05) is 11.8 Å². The molecule has 29 heavy (non-hydrogen) atoms. The Morgan fingerprint density at radius 1 is 0.931 bits per heavy atom. The van der Waals surface area contributed by atoms with Crippen LogP contribution in [0.5, 0.6) is 5.75 Å². The van der Waals surface area contributed by atoms with E-state index in [4.69, 9.17) is 4.74 Å². The van der Waals surface area contributed by atoms with Gasteiger partial charge in [0.15, 0.2) is 0 Å². The Morgan fingerprint density at radius 3 is 2.21 bits per heavy atom. The Morgan fingerprint density at radius 2 is 1.59 bits per heavy atom. The minimum Gasteiger partial charge on any atom is -0.497 e. The highest BCUT2D eigenvalue weighted by Crippen LogP contribution is 2.27. The highest BCUT2D eigenvalue weighted by Gasteiger charge is 2.15. The van der Waals surface area contributed by atoms with Gasteiger partial charge in [-0.2, -0.15) is 0 Å². The Hall–Kier alpha value is -3.58. The predicted octanol–water partition coefficient (Wildman–Crippen LogP) is 4.01. The SMILES string of the molecule is COc1ccc(S(=O)(=O)Nc2cccc(C(=CC(=O)O)c3ccccc3)c2)cc1. The number of methoxy groups -OCH3 is 1. The summed E-state index contributed by atoms with van der Waals surface area (Å²) in [7, 11) is -2.31. The molecule has 0 bridgehead atoms. The monoisotopic (exact) mass is 409 g/mol. The number of ether oxygens (including phenoxy) is 1. The Labute approximate surface area is 169 Å². The molecule has 6 nitrogen and oxygen atoms in total. The lowest BCUT2D eigenvalue weighted by atomic mass is 9.97. The number of aliphatic carboxylic acids is 1. The van der Waals surface area contributed by atoms with Crippen LogP contribution in [0.1, 0.15) is 11.1 Å². The van der Waals surface area contributed by atoms with Crippen LogP contribution in [0.3, 0.4) is 0 Å². The van der Waals surface area contributed by atoms with Gasteiger partial charge in [0.2, 0.25) is 0 Å². The van der Waals surface area contributed by atoms with Crippen molar-refractivity contribution in [1.29, 1.82) is 0 Å². The number of hydrogen-bond donors (Lipinski definition) is 2. The summed E-state index contributed by atoms with van der Waals surface area (Å²) in [5, 5.41) is 9.26. The topological polar surface area (TPSA) is 92.7 Å². The zero-order valence-corrected chi connectivity index (χ0v) is 16.4. The number of hydrogen-bond acceptors (Lipinski definition) is 4. The van der Waals surface area contributed by atoms with Gasteiger partial charge in [-0.05, 0) is 53.1 Å². The smallest absolute Gasteiger partial charge is 0.328 e. The summed E-state index contributed by atoms with van der Waals surface area (Å²) in [6.07, 6.45) is 1.10. The highest BCUT2D eigenvalue weighted by molar-refractivity contribution is 7.92. The van der Waals surface area contributed by atoms with Crippen molar-refractivity contribution in [3.8, 4) is 5.75 Å². The van der Waals surface area contributed by atoms with E-state index in [9.17, 15) is 18.3 Å². The van der Waals surface area contributed by atoms with Gasteiger partial charge < -0.3 is 9.84 Å². The molecule has 2 N–H and O–H groups in total. The molecule has 0 spiro atoms. The molecule has 0 saturated heterocycles. The molecule has 0 unspecified atom stereocenters. The number of anilines is 1. The second-order valence-corrected chi connectivity index (χ2v) is 7.81. The van der Waals surface area contributed by atoms with Gasteiger partial charge in [-0.1, -0.05) is 42.5 Å². The predicted molar refractivity (Wildman–Crippen MR) is 111 cm³/mol. The van der Waals surface area contributed by atoms with Gasteiger partial charge in [-0.3, -0.25) is 4.72 Å². The van der Waals surface area contributed by atoms with E-state index >= 15 is 0 Å². The molecule has 0 saturated carbocycles. The highest BCUT2D eigenvalue weighted by atomic mass is 32.2. The molecule has 148 valence electrons. The standard InChI is InChI=1S/C22H19NO5S/c1-28-19-10-12-20(13-11-19)29(26,27)23-18-9-5-8-17(14-18)21(15-22(24)25)16-6-3-2-4-7-16/h2-15,23H,1H3,(H,24,25). The summed E-state index contributed by atoms with van der Waals surface area (Å²) in [6, 6.07) is 21.7. The van der Waals surface area contributed by atoms with Crippen LogP contribution in [0.15, 0.2) is 89.8 Å². The minimum atomic E-state index is -3.81. The van der Waals surface area contributed by atoms with Crippen LogP contribution in [0.4, 0.5) is 5.69 Å². The first-order chi connectivity index (χ1) is 13.9. The molecular formula is C22H19NO5S. The lowest BCUT2D eigenvalue weighted by molar-refractivity contribution is -0.131. The number of carboxylic acid groups (broad SMARTS) is 1. The van der Waals surface area contributed by atoms with E-state index in [2.05, 4.69) is 4.72 Å². The van der Waals surface area contributed by atoms with E-state index in [0.717, 1.165) is 6.08 Å². The van der Waals surface area contributed by atoms with Crippen LogP contribution in [-0.2, 0) is 14.8 Å². The quantitative estimate of drug-likeness (QED) is 0.575. The lowest BCUT2D eigenvalue weighted by Crippen LogP contribution is -2.13. The summed E-state index contributed by atoms with van der Waals surface area (Å²) in [6.45, 7) is 0. The number of benzene rings is 3. The van der Waals surface area contributed by atoms with Gasteiger partial charge in [0.1, 0.15) is 5.75 Å². The van der Waals surface area contributed by atoms with Crippen LogP contribution in [0.2, 0.25) is 0 Å². The van der Waals surface area contributed by atoms with Gasteiger partial charge >= 0.3 is 5.97 Å². The first-order valence-corrected chi connectivity index (χ1v) is 10.1. The lowest BCUT2D eigenvalue weighted by Gasteiger charge is -2.12. The maximum atomic E-state index is 12.7. The number of carboxylic acids is 1. The van der Waals surface area contributed by atoms with Gasteiger partial charge in [0.25, 0.3) is 10.0 Å². The molecule has 0 radical (unpaired) electrons. The summed E-state index contributed by atoms with van der Waals surface area (Å²) < 4.78 is 32.9. The summed E-state index contributed by atoms with van der Waals surface area (Å²) in [5.74, 6) is -0.537. The molecule has 3 aromatic carbocycles. The fourth-order valence-corrected chi connectivity index (χ4v) is 3.84. The second-order valence-electron chi connectivity index (χ2n) is 6.12. The summed E-state index contributed by atoms with van der Waals surface area (Å²) >= 11 is 0. The number of sulfonamides is 1. The molecule has 3 aromatic rings. The maximum absolute atomic E-state index is 12.7. The van der Waals surface area contributed by atoms with E-state index in [1.54, 1.807) is 60.7 Å². The molecule has 0 atom stereocenters. The van der Waals surface area contributed by atoms with Crippen molar-refractivity contribution in [1.82, 2.24) is 0 Å². The van der Waals surface area contributed by atoms with E-state index < -0.39 is 16.0 Å². The van der Waals surface area contributed by atoms with E-state index in [1.165, 1.54) is 19.2 Å². The van der Waals surface area contributed by atoms with Crippen molar-refractivity contribution >= 4 is 27.3 Å². The first-order valence-electron chi connectivity index (χ1n) is 8.66. The second kappa shape index (κ2) is 8.62. The first kappa shape index (κ1) is 20.2. The largest absolute Gasteiger partial charge is 0.497 e. The Balaban J connectivity index is 1.94. The maximum Gasteiger partial charge on any atom is 0.328 e. The van der Waals surface area contributed by atoms with Crippen LogP contribution < -0.4 is 9.46 Å².